The number of nitrogens with one attached hydrogen (secondary N) is 2. The van der Waals surface area contributed by atoms with Gasteiger partial charge in [0.15, 0.2) is 11.8 Å². The predicted octanol–water partition coefficient (Wildman–Crippen LogP) is 1.69. The zero-order valence-electron chi connectivity index (χ0n) is 12.6. The van der Waals surface area contributed by atoms with Crippen LogP contribution in [0.4, 0.5) is 0 Å². The summed E-state index contributed by atoms with van der Waals surface area (Å²) in [6.07, 6.45) is 5.09. The molecule has 2 N–H and O–H groups in total. The van der Waals surface area contributed by atoms with Crippen molar-refractivity contribution in [1.29, 1.82) is 0 Å². The highest BCUT2D eigenvalue weighted by Gasteiger charge is 2.15. The van der Waals surface area contributed by atoms with Crippen molar-refractivity contribution in [3.63, 3.8) is 0 Å². The van der Waals surface area contributed by atoms with Crippen LogP contribution in [0.25, 0.3) is 0 Å². The summed E-state index contributed by atoms with van der Waals surface area (Å²) in [6, 6.07) is 3.80. The minimum atomic E-state index is 0. The van der Waals surface area contributed by atoms with Gasteiger partial charge in [-0.1, -0.05) is 0 Å². The largest absolute Gasteiger partial charge is 0.467 e. The fourth-order valence-electron chi connectivity index (χ4n) is 2.47. The number of fused-ring (bicyclic) bond motifs is 1. The van der Waals surface area contributed by atoms with Crippen LogP contribution in [-0.2, 0) is 26.1 Å². The first-order chi connectivity index (χ1) is 10.4. The van der Waals surface area contributed by atoms with Gasteiger partial charge in [0.05, 0.1) is 19.4 Å². The first-order valence-electron chi connectivity index (χ1n) is 7.24. The molecule has 0 fully saturated rings. The maximum atomic E-state index is 5.28. The third-order valence-corrected chi connectivity index (χ3v) is 3.58. The summed E-state index contributed by atoms with van der Waals surface area (Å²) in [7, 11) is 1.75. The van der Waals surface area contributed by atoms with Crippen LogP contribution in [0.2, 0.25) is 0 Å². The molecule has 0 radical (unpaired) electrons. The Bertz CT molecular complexity index is 607. The van der Waals surface area contributed by atoms with Crippen LogP contribution in [0.15, 0.2) is 27.8 Å². The quantitative estimate of drug-likeness (QED) is 0.451. The number of aliphatic imine (C=N–C) groups is 1. The van der Waals surface area contributed by atoms with Crippen molar-refractivity contribution in [2.24, 2.45) is 4.99 Å². The normalized spacial score (nSPS) is 14.1. The number of aryl methyl sites for hydroxylation is 1. The minimum absolute atomic E-state index is 0. The molecule has 2 aromatic heterocycles. The third-order valence-electron chi connectivity index (χ3n) is 3.58. The van der Waals surface area contributed by atoms with Gasteiger partial charge in [0.1, 0.15) is 11.6 Å². The number of aromatic nitrogens is 3. The topological polar surface area (TPSA) is 80.3 Å². The Morgan fingerprint density at radius 3 is 2.95 bits per heavy atom. The summed E-state index contributed by atoms with van der Waals surface area (Å²) in [5, 5.41) is 15.0. The average Bonchev–Trinajstić information content (AvgIpc) is 3.17. The summed E-state index contributed by atoms with van der Waals surface area (Å²) in [4.78, 5) is 4.19. The van der Waals surface area contributed by atoms with E-state index in [2.05, 4.69) is 30.4 Å². The average molecular weight is 416 g/mol. The number of hydrogen-bond acceptors (Lipinski definition) is 4. The van der Waals surface area contributed by atoms with Crippen molar-refractivity contribution in [2.75, 3.05) is 7.05 Å². The molecule has 0 atom stereocenters. The molecule has 2 aromatic rings. The van der Waals surface area contributed by atoms with Crippen LogP contribution in [0.5, 0.6) is 0 Å². The Balaban J connectivity index is 0.00000176. The van der Waals surface area contributed by atoms with Gasteiger partial charge in [0.25, 0.3) is 0 Å². The molecule has 1 aliphatic heterocycles. The fraction of sp³-hybridized carbons (Fsp3) is 0.500. The maximum absolute atomic E-state index is 5.28. The van der Waals surface area contributed by atoms with Crippen molar-refractivity contribution < 1.29 is 4.42 Å². The lowest BCUT2D eigenvalue weighted by atomic mass is 10.2. The molecular formula is C14H21IN6O. The van der Waals surface area contributed by atoms with Gasteiger partial charge in [0, 0.05) is 20.0 Å². The Kier molecular flexibility index (Phi) is 6.22. The molecule has 0 aliphatic carbocycles. The van der Waals surface area contributed by atoms with E-state index in [4.69, 9.17) is 4.42 Å². The van der Waals surface area contributed by atoms with E-state index in [-0.39, 0.29) is 24.0 Å². The van der Waals surface area contributed by atoms with Crippen LogP contribution >= 0.6 is 24.0 Å². The minimum Gasteiger partial charge on any atom is -0.467 e. The number of halogens is 1. The molecule has 7 nitrogen and oxygen atoms in total. The second kappa shape index (κ2) is 8.16. The van der Waals surface area contributed by atoms with Crippen molar-refractivity contribution in [1.82, 2.24) is 25.4 Å². The first kappa shape index (κ1) is 16.8. The van der Waals surface area contributed by atoms with E-state index >= 15 is 0 Å². The second-order valence-corrected chi connectivity index (χ2v) is 5.00. The number of rotatable bonds is 4. The monoisotopic (exact) mass is 416 g/mol. The van der Waals surface area contributed by atoms with Gasteiger partial charge in [-0.05, 0) is 25.0 Å². The van der Waals surface area contributed by atoms with Crippen molar-refractivity contribution in [2.45, 2.75) is 38.9 Å². The van der Waals surface area contributed by atoms with Crippen LogP contribution in [0.1, 0.15) is 30.3 Å². The molecule has 0 saturated carbocycles. The Hall–Kier alpha value is -1.58. The Morgan fingerprint density at radius 2 is 2.18 bits per heavy atom. The van der Waals surface area contributed by atoms with E-state index in [1.165, 1.54) is 12.8 Å². The summed E-state index contributed by atoms with van der Waals surface area (Å²) >= 11 is 0. The van der Waals surface area contributed by atoms with Crippen molar-refractivity contribution in [3.05, 3.63) is 35.8 Å². The second-order valence-electron chi connectivity index (χ2n) is 5.00. The van der Waals surface area contributed by atoms with Crippen LogP contribution in [0.3, 0.4) is 0 Å². The molecule has 22 heavy (non-hydrogen) atoms. The molecule has 0 aromatic carbocycles. The van der Waals surface area contributed by atoms with Gasteiger partial charge in [-0.2, -0.15) is 0 Å². The van der Waals surface area contributed by atoms with Crippen molar-refractivity contribution in [3.8, 4) is 0 Å². The molecule has 3 rings (SSSR count). The highest BCUT2D eigenvalue weighted by molar-refractivity contribution is 14.0. The first-order valence-corrected chi connectivity index (χ1v) is 7.24. The van der Waals surface area contributed by atoms with E-state index in [0.717, 1.165) is 36.3 Å². The molecule has 0 bridgehead atoms. The standard InChI is InChI=1S/C14H20N6O.HI/c1-15-14(16-9-11-5-4-8-21-11)17-10-13-19-18-12-6-2-3-7-20(12)13;/h4-5,8H,2-3,6-7,9-10H2,1H3,(H2,15,16,17);1H. The molecule has 120 valence electrons. The van der Waals surface area contributed by atoms with E-state index in [0.29, 0.717) is 13.1 Å². The number of nitrogens with zero attached hydrogens (tertiary/aromatic N) is 4. The van der Waals surface area contributed by atoms with Gasteiger partial charge in [-0.3, -0.25) is 4.99 Å². The summed E-state index contributed by atoms with van der Waals surface area (Å²) in [6.45, 7) is 2.23. The lowest BCUT2D eigenvalue weighted by Gasteiger charge is -2.15. The SMILES string of the molecule is CN=C(NCc1ccco1)NCc1nnc2n1CCCC2.I. The van der Waals surface area contributed by atoms with Crippen LogP contribution < -0.4 is 10.6 Å². The van der Waals surface area contributed by atoms with Crippen molar-refractivity contribution >= 4 is 29.9 Å². The highest BCUT2D eigenvalue weighted by atomic mass is 127. The van der Waals surface area contributed by atoms with E-state index in [1.54, 1.807) is 13.3 Å². The molecule has 0 unspecified atom stereocenters. The van der Waals surface area contributed by atoms with E-state index < -0.39 is 0 Å². The molecule has 0 spiro atoms. The van der Waals surface area contributed by atoms with Gasteiger partial charge in [-0.15, -0.1) is 34.2 Å². The lowest BCUT2D eigenvalue weighted by Crippen LogP contribution is -2.37. The van der Waals surface area contributed by atoms with E-state index in [9.17, 15) is 0 Å². The number of guanidine groups is 1. The third kappa shape index (κ3) is 3.99. The van der Waals surface area contributed by atoms with Crippen LogP contribution in [0, 0.1) is 0 Å². The Labute approximate surface area is 146 Å². The maximum Gasteiger partial charge on any atom is 0.191 e. The molecule has 8 heteroatoms. The Morgan fingerprint density at radius 1 is 1.32 bits per heavy atom. The fourth-order valence-corrected chi connectivity index (χ4v) is 2.47. The van der Waals surface area contributed by atoms with E-state index in [1.807, 2.05) is 12.1 Å². The molecular weight excluding hydrogens is 395 g/mol. The predicted molar refractivity (Wildman–Crippen MR) is 94.1 cm³/mol. The van der Waals surface area contributed by atoms with Gasteiger partial charge in [-0.25, -0.2) is 0 Å². The molecule has 1 aliphatic rings. The lowest BCUT2D eigenvalue weighted by molar-refractivity contribution is 0.498. The summed E-state index contributed by atoms with van der Waals surface area (Å²) in [5.74, 6) is 3.65. The summed E-state index contributed by atoms with van der Waals surface area (Å²) < 4.78 is 7.49. The van der Waals surface area contributed by atoms with Gasteiger partial charge < -0.3 is 19.6 Å². The zero-order valence-corrected chi connectivity index (χ0v) is 14.9. The summed E-state index contributed by atoms with van der Waals surface area (Å²) in [5.41, 5.74) is 0. The van der Waals surface area contributed by atoms with Gasteiger partial charge in [0.2, 0.25) is 0 Å². The molecule has 0 saturated heterocycles. The smallest absolute Gasteiger partial charge is 0.191 e. The molecule has 3 heterocycles. The number of hydrogen-bond donors (Lipinski definition) is 2. The van der Waals surface area contributed by atoms with Crippen LogP contribution in [-0.4, -0.2) is 27.8 Å². The van der Waals surface area contributed by atoms with Gasteiger partial charge >= 0.3 is 0 Å². The zero-order chi connectivity index (χ0) is 14.5. The molecule has 0 amide bonds. The number of furan rings is 1. The highest BCUT2D eigenvalue weighted by Crippen LogP contribution is 2.13.